The molecule has 1 aliphatic rings. The van der Waals surface area contributed by atoms with Crippen molar-refractivity contribution in [3.8, 4) is 11.3 Å². The number of carbonyl (C=O) groups is 1. The normalized spacial score (nSPS) is 21.5. The molecule has 3 rings (SSSR count). The van der Waals surface area contributed by atoms with Gasteiger partial charge in [0.15, 0.2) is 0 Å². The molecule has 0 aliphatic carbocycles. The fourth-order valence-corrected chi connectivity index (χ4v) is 4.46. The molecule has 0 radical (unpaired) electrons. The average molecular weight is 408 g/mol. The van der Waals surface area contributed by atoms with Crippen molar-refractivity contribution in [3.05, 3.63) is 40.4 Å². The molecule has 5 nitrogen and oxygen atoms in total. The largest absolute Gasteiger partial charge is 0.360 e. The summed E-state index contributed by atoms with van der Waals surface area (Å²) in [6, 6.07) is 4.29. The Morgan fingerprint density at radius 2 is 2.07 bits per heavy atom. The first-order valence-electron chi connectivity index (χ1n) is 9.70. The van der Waals surface area contributed by atoms with E-state index in [2.05, 4.69) is 29.2 Å². The molecule has 0 spiro atoms. The van der Waals surface area contributed by atoms with Crippen LogP contribution in [0.2, 0.25) is 5.02 Å². The van der Waals surface area contributed by atoms with Crippen molar-refractivity contribution < 1.29 is 13.7 Å². The summed E-state index contributed by atoms with van der Waals surface area (Å²) in [5.74, 6) is 0.764. The molecule has 2 aromatic rings. The number of nitrogens with zero attached hydrogens (tertiary/aromatic N) is 2. The van der Waals surface area contributed by atoms with Crippen molar-refractivity contribution >= 4 is 17.5 Å². The van der Waals surface area contributed by atoms with Gasteiger partial charge in [-0.15, -0.1) is 0 Å². The second-order valence-corrected chi connectivity index (χ2v) is 8.51. The summed E-state index contributed by atoms with van der Waals surface area (Å²) < 4.78 is 19.5. The molecule has 1 N–H and O–H groups in total. The van der Waals surface area contributed by atoms with Crippen LogP contribution in [0.25, 0.3) is 11.3 Å². The van der Waals surface area contributed by atoms with Crippen molar-refractivity contribution in [2.75, 3.05) is 19.6 Å². The summed E-state index contributed by atoms with van der Waals surface area (Å²) in [5.41, 5.74) is 0.433. The summed E-state index contributed by atoms with van der Waals surface area (Å²) in [7, 11) is 0. The van der Waals surface area contributed by atoms with E-state index in [9.17, 15) is 9.18 Å². The molecule has 152 valence electrons. The number of halogens is 2. The van der Waals surface area contributed by atoms with Crippen LogP contribution in [-0.4, -0.2) is 41.6 Å². The number of aromatic nitrogens is 1. The van der Waals surface area contributed by atoms with Gasteiger partial charge in [-0.2, -0.15) is 0 Å². The predicted octanol–water partition coefficient (Wildman–Crippen LogP) is 4.54. The zero-order valence-electron chi connectivity index (χ0n) is 16.8. The predicted molar refractivity (Wildman–Crippen MR) is 108 cm³/mol. The monoisotopic (exact) mass is 407 g/mol. The smallest absolute Gasteiger partial charge is 0.257 e. The topological polar surface area (TPSA) is 58.4 Å². The second-order valence-electron chi connectivity index (χ2n) is 8.10. The van der Waals surface area contributed by atoms with E-state index in [-0.39, 0.29) is 33.8 Å². The highest BCUT2D eigenvalue weighted by Gasteiger charge is 2.27. The highest BCUT2D eigenvalue weighted by Crippen LogP contribution is 2.33. The van der Waals surface area contributed by atoms with Gasteiger partial charge in [-0.1, -0.05) is 36.7 Å². The first-order valence-corrected chi connectivity index (χ1v) is 10.1. The summed E-state index contributed by atoms with van der Waals surface area (Å²) in [4.78, 5) is 15.3. The number of hydrogen-bond donors (Lipinski definition) is 1. The number of aryl methyl sites for hydroxylation is 1. The molecule has 1 saturated heterocycles. The molecule has 2 heterocycles. The number of hydrogen-bond acceptors (Lipinski definition) is 4. The van der Waals surface area contributed by atoms with Crippen molar-refractivity contribution in [2.45, 2.75) is 40.2 Å². The van der Waals surface area contributed by atoms with Gasteiger partial charge in [-0.3, -0.25) is 4.79 Å². The number of benzene rings is 1. The number of rotatable bonds is 5. The molecule has 28 heavy (non-hydrogen) atoms. The first kappa shape index (κ1) is 20.8. The third kappa shape index (κ3) is 4.55. The van der Waals surface area contributed by atoms with Gasteiger partial charge in [0.1, 0.15) is 22.8 Å². The third-order valence-corrected chi connectivity index (χ3v) is 5.46. The lowest BCUT2D eigenvalue weighted by Crippen LogP contribution is -2.47. The highest BCUT2D eigenvalue weighted by molar-refractivity contribution is 6.33. The van der Waals surface area contributed by atoms with Crippen molar-refractivity contribution in [1.82, 2.24) is 15.4 Å². The van der Waals surface area contributed by atoms with Gasteiger partial charge in [0.2, 0.25) is 0 Å². The lowest BCUT2D eigenvalue weighted by atomic mass is 9.91. The fourth-order valence-electron chi connectivity index (χ4n) is 4.20. The van der Waals surface area contributed by atoms with Crippen LogP contribution in [0.5, 0.6) is 0 Å². The molecule has 3 unspecified atom stereocenters. The van der Waals surface area contributed by atoms with Gasteiger partial charge in [0, 0.05) is 25.7 Å². The molecule has 1 fully saturated rings. The molecular formula is C21H27ClFN3O2. The third-order valence-electron chi connectivity index (χ3n) is 5.14. The van der Waals surface area contributed by atoms with Crippen LogP contribution in [0.4, 0.5) is 4.39 Å². The Labute approximate surface area is 170 Å². The minimum atomic E-state index is -0.542. The Kier molecular flexibility index (Phi) is 6.40. The van der Waals surface area contributed by atoms with Gasteiger partial charge < -0.3 is 14.7 Å². The highest BCUT2D eigenvalue weighted by atomic mass is 35.5. The van der Waals surface area contributed by atoms with E-state index in [4.69, 9.17) is 16.1 Å². The lowest BCUT2D eigenvalue weighted by Gasteiger charge is -2.36. The Morgan fingerprint density at radius 1 is 1.39 bits per heavy atom. The zero-order chi connectivity index (χ0) is 20.4. The number of amides is 1. The van der Waals surface area contributed by atoms with Crippen LogP contribution in [0.3, 0.4) is 0 Å². The van der Waals surface area contributed by atoms with Crippen LogP contribution >= 0.6 is 11.6 Å². The minimum Gasteiger partial charge on any atom is -0.360 e. The van der Waals surface area contributed by atoms with E-state index in [0.717, 1.165) is 19.6 Å². The van der Waals surface area contributed by atoms with Gasteiger partial charge >= 0.3 is 0 Å². The summed E-state index contributed by atoms with van der Waals surface area (Å²) >= 11 is 6.15. The van der Waals surface area contributed by atoms with E-state index >= 15 is 0 Å². The number of likely N-dealkylation sites (tertiary alicyclic amines) is 1. The molecule has 1 aromatic carbocycles. The van der Waals surface area contributed by atoms with E-state index in [1.165, 1.54) is 18.6 Å². The molecule has 0 saturated carbocycles. The Balaban J connectivity index is 1.75. The van der Waals surface area contributed by atoms with Gasteiger partial charge in [0.05, 0.1) is 10.6 Å². The number of nitrogens with one attached hydrogen (secondary N) is 1. The van der Waals surface area contributed by atoms with E-state index in [1.54, 1.807) is 13.0 Å². The quantitative estimate of drug-likeness (QED) is 0.790. The molecular weight excluding hydrogens is 381 g/mol. The van der Waals surface area contributed by atoms with Crippen LogP contribution in [0.15, 0.2) is 22.7 Å². The standard InChI is InChI=1S/C21H27ClFN3O2/c1-12-8-13(2)10-26(9-12)11-14(3)24-21(27)18-15(4)28-25-20(18)19-16(22)6-5-7-17(19)23/h5-7,12-14H,8-11H2,1-4H3,(H,24,27). The Hall–Kier alpha value is -1.92. The molecule has 3 atom stereocenters. The Morgan fingerprint density at radius 3 is 2.71 bits per heavy atom. The van der Waals surface area contributed by atoms with E-state index in [1.807, 2.05) is 6.92 Å². The minimum absolute atomic E-state index is 0.0664. The van der Waals surface area contributed by atoms with Crippen LogP contribution in [0.1, 0.15) is 43.3 Å². The summed E-state index contributed by atoms with van der Waals surface area (Å²) in [6.07, 6.45) is 1.24. The molecule has 1 amide bonds. The first-order chi connectivity index (χ1) is 13.3. The lowest BCUT2D eigenvalue weighted by molar-refractivity contribution is 0.0904. The zero-order valence-corrected chi connectivity index (χ0v) is 17.5. The average Bonchev–Trinajstić information content (AvgIpc) is 2.95. The SMILES string of the molecule is Cc1onc(-c2c(F)cccc2Cl)c1C(=O)NC(C)CN1CC(C)CC(C)C1. The van der Waals surface area contributed by atoms with Gasteiger partial charge in [-0.25, -0.2) is 4.39 Å². The maximum atomic E-state index is 14.3. The van der Waals surface area contributed by atoms with E-state index in [0.29, 0.717) is 17.6 Å². The summed E-state index contributed by atoms with van der Waals surface area (Å²) in [5, 5.41) is 7.09. The molecule has 1 aliphatic heterocycles. The Bertz CT molecular complexity index is 824. The van der Waals surface area contributed by atoms with E-state index < -0.39 is 5.82 Å². The van der Waals surface area contributed by atoms with Gasteiger partial charge in [-0.05, 0) is 44.2 Å². The van der Waals surface area contributed by atoms with Crippen LogP contribution in [-0.2, 0) is 0 Å². The van der Waals surface area contributed by atoms with Crippen molar-refractivity contribution in [1.29, 1.82) is 0 Å². The fraction of sp³-hybridized carbons (Fsp3) is 0.524. The van der Waals surface area contributed by atoms with Crippen molar-refractivity contribution in [3.63, 3.8) is 0 Å². The molecule has 1 aromatic heterocycles. The molecule has 7 heteroatoms. The van der Waals surface area contributed by atoms with Crippen LogP contribution in [0, 0.1) is 24.6 Å². The van der Waals surface area contributed by atoms with Crippen LogP contribution < -0.4 is 5.32 Å². The van der Waals surface area contributed by atoms with Crippen molar-refractivity contribution in [2.24, 2.45) is 11.8 Å². The summed E-state index contributed by atoms with van der Waals surface area (Å²) in [6.45, 7) is 11.0. The number of piperidine rings is 1. The number of carbonyl (C=O) groups excluding carboxylic acids is 1. The second kappa shape index (κ2) is 8.62. The maximum Gasteiger partial charge on any atom is 0.257 e. The maximum absolute atomic E-state index is 14.3. The van der Waals surface area contributed by atoms with Gasteiger partial charge in [0.25, 0.3) is 5.91 Å². The molecule has 0 bridgehead atoms.